The minimum Gasteiger partial charge on any atom is -0.598 e. The number of hydrogen-bond donors (Lipinski definition) is 1. The van der Waals surface area contributed by atoms with Crippen molar-refractivity contribution in [3.05, 3.63) is 30.0 Å². The number of ether oxygens (including phenoxy) is 1. The number of rotatable bonds is 3. The van der Waals surface area contributed by atoms with E-state index in [9.17, 15) is 4.55 Å². The van der Waals surface area contributed by atoms with E-state index in [1.165, 1.54) is 0 Å². The van der Waals surface area contributed by atoms with Crippen molar-refractivity contribution in [1.82, 2.24) is 9.71 Å². The molecule has 0 aromatic carbocycles. The zero-order chi connectivity index (χ0) is 14.0. The van der Waals surface area contributed by atoms with Gasteiger partial charge in [-0.3, -0.25) is 0 Å². The highest BCUT2D eigenvalue weighted by atomic mass is 32.2. The Kier molecular flexibility index (Phi) is 4.18. The molecule has 2 atom stereocenters. The van der Waals surface area contributed by atoms with Crippen molar-refractivity contribution in [1.29, 1.82) is 0 Å². The summed E-state index contributed by atoms with van der Waals surface area (Å²) in [5.41, 5.74) is 1.90. The van der Waals surface area contributed by atoms with Gasteiger partial charge < -0.3 is 9.29 Å². The van der Waals surface area contributed by atoms with E-state index in [0.29, 0.717) is 12.5 Å². The lowest BCUT2D eigenvalue weighted by Gasteiger charge is -2.30. The van der Waals surface area contributed by atoms with Gasteiger partial charge in [0, 0.05) is 29.5 Å². The quantitative estimate of drug-likeness (QED) is 0.865. The zero-order valence-electron chi connectivity index (χ0n) is 11.6. The van der Waals surface area contributed by atoms with Crippen LogP contribution in [0.3, 0.4) is 0 Å². The van der Waals surface area contributed by atoms with Crippen LogP contribution in [-0.2, 0) is 11.4 Å². The summed E-state index contributed by atoms with van der Waals surface area (Å²) in [6, 6.07) is 2.00. The Morgan fingerprint density at radius 1 is 1.58 bits per heavy atom. The Bertz CT molecular complexity index is 471. The van der Waals surface area contributed by atoms with E-state index in [-0.39, 0.29) is 10.8 Å². The highest BCUT2D eigenvalue weighted by molar-refractivity contribution is 7.90. The number of hydrogen-bond acceptors (Lipinski definition) is 4. The van der Waals surface area contributed by atoms with Crippen LogP contribution in [0, 0.1) is 0 Å². The van der Waals surface area contributed by atoms with Crippen LogP contribution < -0.4 is 9.46 Å². The third-order valence-corrected chi connectivity index (χ3v) is 4.57. The van der Waals surface area contributed by atoms with Crippen LogP contribution in [0.25, 0.3) is 6.08 Å². The average molecular weight is 280 g/mol. The summed E-state index contributed by atoms with van der Waals surface area (Å²) in [4.78, 5) is 4.28. The summed E-state index contributed by atoms with van der Waals surface area (Å²) in [5.74, 6) is 0.625. The molecule has 1 aromatic rings. The Labute approximate surface area is 117 Å². The molecule has 0 aliphatic carbocycles. The van der Waals surface area contributed by atoms with Gasteiger partial charge in [0.25, 0.3) is 0 Å². The van der Waals surface area contributed by atoms with E-state index in [4.69, 9.17) is 4.74 Å². The molecule has 0 radical (unpaired) electrons. The molecule has 0 fully saturated rings. The first kappa shape index (κ1) is 14.4. The van der Waals surface area contributed by atoms with Gasteiger partial charge in [-0.15, -0.1) is 4.72 Å². The molecule has 5 heteroatoms. The predicted octanol–water partition coefficient (Wildman–Crippen LogP) is 2.60. The van der Waals surface area contributed by atoms with Gasteiger partial charge in [0.1, 0.15) is 4.75 Å². The highest BCUT2D eigenvalue weighted by Gasteiger charge is 2.32. The van der Waals surface area contributed by atoms with E-state index in [2.05, 4.69) is 16.3 Å². The van der Waals surface area contributed by atoms with E-state index in [0.717, 1.165) is 17.5 Å². The topological polar surface area (TPSA) is 57.2 Å². The van der Waals surface area contributed by atoms with Crippen LogP contribution in [0.2, 0.25) is 0 Å². The van der Waals surface area contributed by atoms with Gasteiger partial charge in [-0.25, -0.2) is 4.98 Å². The summed E-state index contributed by atoms with van der Waals surface area (Å²) in [6.07, 6.45) is 4.27. The minimum atomic E-state index is -1.11. The van der Waals surface area contributed by atoms with Gasteiger partial charge in [-0.2, -0.15) is 0 Å². The molecule has 1 aliphatic rings. The van der Waals surface area contributed by atoms with Gasteiger partial charge in [0.2, 0.25) is 5.88 Å². The molecule has 0 bridgehead atoms. The second-order valence-electron chi connectivity index (χ2n) is 5.56. The van der Waals surface area contributed by atoms with Crippen LogP contribution in [0.5, 0.6) is 5.88 Å². The molecule has 0 saturated heterocycles. The number of fused-ring (bicyclic) bond motifs is 1. The SMILES string of the molecule is C=Cc1cnc2c(c1)C(N[S+]([O-])C(C)(C)C)CCO2. The van der Waals surface area contributed by atoms with Crippen molar-refractivity contribution in [3.8, 4) is 5.88 Å². The van der Waals surface area contributed by atoms with E-state index in [1.807, 2.05) is 26.8 Å². The average Bonchev–Trinajstić information content (AvgIpc) is 2.37. The molecule has 2 rings (SSSR count). The molecule has 1 aromatic heterocycles. The standard InChI is InChI=1S/C14H20N2O2S/c1-5-10-8-11-12(16-19(17)14(2,3)4)6-7-18-13(11)15-9-10/h5,8-9,12,16H,1,6-7H2,2-4H3. The molecule has 104 valence electrons. The van der Waals surface area contributed by atoms with Crippen LogP contribution in [-0.4, -0.2) is 20.9 Å². The van der Waals surface area contributed by atoms with Crippen molar-refractivity contribution in [3.63, 3.8) is 0 Å². The summed E-state index contributed by atoms with van der Waals surface area (Å²) >= 11 is -1.11. The number of nitrogens with zero attached hydrogens (tertiary/aromatic N) is 1. The maximum absolute atomic E-state index is 12.2. The van der Waals surface area contributed by atoms with Gasteiger partial charge in [-0.05, 0) is 32.4 Å². The second-order valence-corrected chi connectivity index (χ2v) is 7.55. The number of pyridine rings is 1. The Balaban J connectivity index is 2.23. The molecule has 2 heterocycles. The Morgan fingerprint density at radius 3 is 2.95 bits per heavy atom. The number of aromatic nitrogens is 1. The van der Waals surface area contributed by atoms with Crippen molar-refractivity contribution in [2.45, 2.75) is 38.0 Å². The van der Waals surface area contributed by atoms with Crippen molar-refractivity contribution >= 4 is 17.4 Å². The summed E-state index contributed by atoms with van der Waals surface area (Å²) in [6.45, 7) is 10.2. The van der Waals surface area contributed by atoms with Gasteiger partial charge in [-0.1, -0.05) is 12.7 Å². The smallest absolute Gasteiger partial charge is 0.218 e. The first-order valence-electron chi connectivity index (χ1n) is 6.35. The van der Waals surface area contributed by atoms with Crippen molar-refractivity contribution in [2.24, 2.45) is 0 Å². The van der Waals surface area contributed by atoms with Crippen LogP contribution in [0.4, 0.5) is 0 Å². The largest absolute Gasteiger partial charge is 0.598 e. The fraction of sp³-hybridized carbons (Fsp3) is 0.500. The molecule has 2 unspecified atom stereocenters. The minimum absolute atomic E-state index is 0.0104. The first-order valence-corrected chi connectivity index (χ1v) is 7.50. The lowest BCUT2D eigenvalue weighted by molar-refractivity contribution is 0.251. The lowest BCUT2D eigenvalue weighted by atomic mass is 10.0. The fourth-order valence-electron chi connectivity index (χ4n) is 1.83. The molecule has 0 amide bonds. The maximum atomic E-state index is 12.2. The zero-order valence-corrected chi connectivity index (χ0v) is 12.4. The molecule has 0 saturated carbocycles. The first-order chi connectivity index (χ1) is 8.91. The lowest BCUT2D eigenvalue weighted by Crippen LogP contribution is -2.42. The van der Waals surface area contributed by atoms with Crippen molar-refractivity contribution in [2.75, 3.05) is 6.61 Å². The third kappa shape index (κ3) is 3.29. The Hall–Kier alpha value is -1.04. The summed E-state index contributed by atoms with van der Waals surface area (Å²) in [7, 11) is 0. The summed E-state index contributed by atoms with van der Waals surface area (Å²) in [5, 5.41) is 0. The second kappa shape index (κ2) is 5.53. The molecule has 1 aliphatic heterocycles. The monoisotopic (exact) mass is 280 g/mol. The predicted molar refractivity (Wildman–Crippen MR) is 78.2 cm³/mol. The molecule has 19 heavy (non-hydrogen) atoms. The van der Waals surface area contributed by atoms with Gasteiger partial charge >= 0.3 is 0 Å². The van der Waals surface area contributed by atoms with E-state index < -0.39 is 11.4 Å². The molecule has 0 spiro atoms. The highest BCUT2D eigenvalue weighted by Crippen LogP contribution is 2.32. The van der Waals surface area contributed by atoms with Gasteiger partial charge in [0.05, 0.1) is 12.6 Å². The molecule has 4 nitrogen and oxygen atoms in total. The molecular weight excluding hydrogens is 260 g/mol. The molecule has 1 N–H and O–H groups in total. The maximum Gasteiger partial charge on any atom is 0.218 e. The van der Waals surface area contributed by atoms with E-state index in [1.54, 1.807) is 12.3 Å². The van der Waals surface area contributed by atoms with Crippen LogP contribution >= 0.6 is 0 Å². The fourth-order valence-corrected chi connectivity index (χ4v) is 2.68. The summed E-state index contributed by atoms with van der Waals surface area (Å²) < 4.78 is 20.6. The van der Waals surface area contributed by atoms with Crippen LogP contribution in [0.1, 0.15) is 44.4 Å². The van der Waals surface area contributed by atoms with E-state index >= 15 is 0 Å². The normalized spacial score (nSPS) is 20.3. The molecular formula is C14H20N2O2S. The Morgan fingerprint density at radius 2 is 2.32 bits per heavy atom. The van der Waals surface area contributed by atoms with Gasteiger partial charge in [0.15, 0.2) is 0 Å². The third-order valence-electron chi connectivity index (χ3n) is 2.96. The van der Waals surface area contributed by atoms with Crippen LogP contribution in [0.15, 0.2) is 18.8 Å². The van der Waals surface area contributed by atoms with Crippen molar-refractivity contribution < 1.29 is 9.29 Å². The number of nitrogens with one attached hydrogen (secondary N) is 1.